The molecule has 0 spiro atoms. The van der Waals surface area contributed by atoms with Crippen molar-refractivity contribution >= 4 is 15.7 Å². The Morgan fingerprint density at radius 1 is 1.19 bits per heavy atom. The van der Waals surface area contributed by atoms with Crippen LogP contribution in [0.2, 0.25) is 0 Å². The van der Waals surface area contributed by atoms with E-state index in [1.807, 2.05) is 0 Å². The third-order valence-electron chi connectivity index (χ3n) is 3.82. The molecule has 0 aromatic heterocycles. The number of nitrogens with zero attached hydrogens (tertiary/aromatic N) is 1. The van der Waals surface area contributed by atoms with Crippen LogP contribution < -0.4 is 4.72 Å². The molecule has 1 aliphatic carbocycles. The van der Waals surface area contributed by atoms with Crippen LogP contribution in [0.5, 0.6) is 0 Å². The van der Waals surface area contributed by atoms with Gasteiger partial charge in [0.1, 0.15) is 0 Å². The van der Waals surface area contributed by atoms with Crippen LogP contribution in [0.4, 0.5) is 5.69 Å². The highest BCUT2D eigenvalue weighted by Gasteiger charge is 2.36. The summed E-state index contributed by atoms with van der Waals surface area (Å²) < 4.78 is 27.3. The van der Waals surface area contributed by atoms with Crippen molar-refractivity contribution in [1.82, 2.24) is 4.72 Å². The van der Waals surface area contributed by atoms with Gasteiger partial charge in [-0.2, -0.15) is 0 Å². The maximum Gasteiger partial charge on any atom is 0.269 e. The summed E-state index contributed by atoms with van der Waals surface area (Å²) in [6.45, 7) is -0.251. The zero-order valence-electron chi connectivity index (χ0n) is 11.5. The minimum absolute atomic E-state index is 0.0356. The Bertz CT molecular complexity index is 606. The van der Waals surface area contributed by atoms with Crippen molar-refractivity contribution in [2.45, 2.75) is 42.5 Å². The predicted octanol–water partition coefficient (Wildman–Crippen LogP) is 1.57. The van der Waals surface area contributed by atoms with Gasteiger partial charge in [0.15, 0.2) is 0 Å². The van der Waals surface area contributed by atoms with E-state index in [0.29, 0.717) is 12.8 Å². The molecule has 2 rings (SSSR count). The van der Waals surface area contributed by atoms with Crippen molar-refractivity contribution in [3.63, 3.8) is 0 Å². The number of hydrogen-bond donors (Lipinski definition) is 2. The summed E-state index contributed by atoms with van der Waals surface area (Å²) in [6, 6.07) is 4.71. The number of sulfonamides is 1. The Morgan fingerprint density at radius 2 is 1.76 bits per heavy atom. The molecule has 116 valence electrons. The lowest BCUT2D eigenvalue weighted by atomic mass is 9.83. The maximum absolute atomic E-state index is 12.4. The van der Waals surface area contributed by atoms with E-state index in [1.165, 1.54) is 12.1 Å². The molecule has 1 saturated carbocycles. The van der Waals surface area contributed by atoms with Crippen LogP contribution in [0, 0.1) is 10.1 Å². The molecule has 7 nitrogen and oxygen atoms in total. The largest absolute Gasteiger partial charge is 0.394 e. The number of nitro groups is 1. The summed E-state index contributed by atoms with van der Waals surface area (Å²) >= 11 is 0. The maximum atomic E-state index is 12.4. The summed E-state index contributed by atoms with van der Waals surface area (Å²) in [6.07, 6.45) is 3.94. The van der Waals surface area contributed by atoms with Gasteiger partial charge < -0.3 is 5.11 Å². The lowest BCUT2D eigenvalue weighted by Crippen LogP contribution is -2.52. The van der Waals surface area contributed by atoms with Gasteiger partial charge in [-0.1, -0.05) is 19.3 Å². The van der Waals surface area contributed by atoms with E-state index in [0.717, 1.165) is 31.4 Å². The van der Waals surface area contributed by atoms with Gasteiger partial charge in [0, 0.05) is 12.1 Å². The molecule has 0 amide bonds. The number of non-ortho nitro benzene ring substituents is 1. The van der Waals surface area contributed by atoms with Crippen LogP contribution in [0.25, 0.3) is 0 Å². The second-order valence-electron chi connectivity index (χ2n) is 5.36. The molecule has 0 radical (unpaired) electrons. The zero-order valence-corrected chi connectivity index (χ0v) is 12.3. The van der Waals surface area contributed by atoms with E-state index in [2.05, 4.69) is 4.72 Å². The Hall–Kier alpha value is -1.51. The van der Waals surface area contributed by atoms with Gasteiger partial charge >= 0.3 is 0 Å². The van der Waals surface area contributed by atoms with Crippen LogP contribution in [0.15, 0.2) is 29.2 Å². The average molecular weight is 314 g/mol. The zero-order chi connectivity index (χ0) is 15.5. The summed E-state index contributed by atoms with van der Waals surface area (Å²) in [7, 11) is -3.81. The van der Waals surface area contributed by atoms with Crippen molar-refractivity contribution in [3.05, 3.63) is 34.4 Å². The molecule has 0 bridgehead atoms. The van der Waals surface area contributed by atoms with E-state index in [1.54, 1.807) is 0 Å². The minimum Gasteiger partial charge on any atom is -0.394 e. The third kappa shape index (κ3) is 3.58. The number of nitrogens with one attached hydrogen (secondary N) is 1. The first-order chi connectivity index (χ1) is 9.88. The molecule has 2 N–H and O–H groups in total. The van der Waals surface area contributed by atoms with Crippen LogP contribution in [0.3, 0.4) is 0 Å². The minimum atomic E-state index is -3.81. The average Bonchev–Trinajstić information content (AvgIpc) is 2.48. The first-order valence-electron chi connectivity index (χ1n) is 6.78. The quantitative estimate of drug-likeness (QED) is 0.633. The topological polar surface area (TPSA) is 110 Å². The van der Waals surface area contributed by atoms with Crippen molar-refractivity contribution in [1.29, 1.82) is 0 Å². The molecule has 8 heteroatoms. The molecular weight excluding hydrogens is 296 g/mol. The van der Waals surface area contributed by atoms with Crippen molar-refractivity contribution in [3.8, 4) is 0 Å². The second-order valence-corrected chi connectivity index (χ2v) is 7.04. The molecule has 21 heavy (non-hydrogen) atoms. The van der Waals surface area contributed by atoms with Crippen LogP contribution >= 0.6 is 0 Å². The number of aliphatic hydroxyl groups is 1. The van der Waals surface area contributed by atoms with Gasteiger partial charge in [-0.3, -0.25) is 10.1 Å². The normalized spacial score (nSPS) is 18.3. The van der Waals surface area contributed by atoms with Gasteiger partial charge in [0.2, 0.25) is 10.0 Å². The second kappa shape index (κ2) is 6.08. The third-order valence-corrected chi connectivity index (χ3v) is 5.42. The predicted molar refractivity (Wildman–Crippen MR) is 76.3 cm³/mol. The summed E-state index contributed by atoms with van der Waals surface area (Å²) in [5.74, 6) is 0. The Morgan fingerprint density at radius 3 is 2.24 bits per heavy atom. The summed E-state index contributed by atoms with van der Waals surface area (Å²) in [5.41, 5.74) is -0.984. The fourth-order valence-corrected chi connectivity index (χ4v) is 4.06. The Labute approximate surface area is 123 Å². The highest BCUT2D eigenvalue weighted by atomic mass is 32.2. The lowest BCUT2D eigenvalue weighted by molar-refractivity contribution is -0.384. The fourth-order valence-electron chi connectivity index (χ4n) is 2.61. The van der Waals surface area contributed by atoms with Gasteiger partial charge in [0.25, 0.3) is 5.69 Å². The molecule has 0 heterocycles. The van der Waals surface area contributed by atoms with Gasteiger partial charge in [-0.05, 0) is 25.0 Å². The Kier molecular flexibility index (Phi) is 4.60. The van der Waals surface area contributed by atoms with Crippen molar-refractivity contribution in [2.24, 2.45) is 0 Å². The molecule has 1 aromatic rings. The van der Waals surface area contributed by atoms with Gasteiger partial charge in [-0.15, -0.1) is 0 Å². The molecule has 1 aromatic carbocycles. The molecule has 0 aliphatic heterocycles. The Balaban J connectivity index is 2.22. The van der Waals surface area contributed by atoms with Gasteiger partial charge in [0.05, 0.1) is 22.0 Å². The summed E-state index contributed by atoms with van der Waals surface area (Å²) in [4.78, 5) is 9.96. The number of rotatable bonds is 5. The molecular formula is C13H18N2O5S. The van der Waals surface area contributed by atoms with E-state index in [4.69, 9.17) is 0 Å². The first kappa shape index (κ1) is 15.9. The smallest absolute Gasteiger partial charge is 0.269 e. The van der Waals surface area contributed by atoms with E-state index >= 15 is 0 Å². The first-order valence-corrected chi connectivity index (χ1v) is 8.26. The number of benzene rings is 1. The van der Waals surface area contributed by atoms with Crippen molar-refractivity contribution in [2.75, 3.05) is 6.61 Å². The SMILES string of the molecule is O=[N+]([O-])c1ccc(S(=O)(=O)NC2(CO)CCCCC2)cc1. The van der Waals surface area contributed by atoms with E-state index in [9.17, 15) is 23.6 Å². The monoisotopic (exact) mass is 314 g/mol. The van der Waals surface area contributed by atoms with Gasteiger partial charge in [-0.25, -0.2) is 13.1 Å². The number of nitro benzene ring substituents is 1. The standard InChI is InChI=1S/C13H18N2O5S/c16-10-13(8-2-1-3-9-13)14-21(19,20)12-6-4-11(5-7-12)15(17)18/h4-7,14,16H,1-3,8-10H2. The molecule has 0 unspecified atom stereocenters. The number of aliphatic hydroxyl groups excluding tert-OH is 1. The highest BCUT2D eigenvalue weighted by molar-refractivity contribution is 7.89. The van der Waals surface area contributed by atoms with Crippen LogP contribution in [0.1, 0.15) is 32.1 Å². The highest BCUT2D eigenvalue weighted by Crippen LogP contribution is 2.29. The van der Waals surface area contributed by atoms with Crippen LogP contribution in [-0.4, -0.2) is 30.6 Å². The molecule has 1 aliphatic rings. The lowest BCUT2D eigenvalue weighted by Gasteiger charge is -2.36. The molecule has 1 fully saturated rings. The van der Waals surface area contributed by atoms with Crippen LogP contribution in [-0.2, 0) is 10.0 Å². The van der Waals surface area contributed by atoms with E-state index in [-0.39, 0.29) is 17.2 Å². The summed E-state index contributed by atoms with van der Waals surface area (Å²) in [5, 5.41) is 20.1. The number of hydrogen-bond acceptors (Lipinski definition) is 5. The molecule has 0 atom stereocenters. The molecule has 0 saturated heterocycles. The van der Waals surface area contributed by atoms with Crippen molar-refractivity contribution < 1.29 is 18.4 Å². The van der Waals surface area contributed by atoms with E-state index < -0.39 is 20.5 Å². The fraction of sp³-hybridized carbons (Fsp3) is 0.538.